The molecule has 0 radical (unpaired) electrons. The van der Waals surface area contributed by atoms with Crippen molar-refractivity contribution in [2.45, 2.75) is 32.3 Å². The molecule has 0 fully saturated rings. The smallest absolute Gasteiger partial charge is 0.341 e. The van der Waals surface area contributed by atoms with Crippen LogP contribution in [0.15, 0.2) is 57.9 Å². The maximum Gasteiger partial charge on any atom is 0.341 e. The summed E-state index contributed by atoms with van der Waals surface area (Å²) in [5.74, 6) is 0.0862. The minimum atomic E-state index is -0.494. The summed E-state index contributed by atoms with van der Waals surface area (Å²) in [6.07, 6.45) is 5.14. The maximum atomic E-state index is 12.4. The molecule has 160 valence electrons. The molecule has 0 unspecified atom stereocenters. The van der Waals surface area contributed by atoms with Crippen molar-refractivity contribution in [1.29, 1.82) is 0 Å². The number of esters is 1. The molecule has 1 heterocycles. The first-order chi connectivity index (χ1) is 15.1. The van der Waals surface area contributed by atoms with E-state index in [1.807, 2.05) is 36.4 Å². The first kappa shape index (κ1) is 20.7. The lowest BCUT2D eigenvalue weighted by molar-refractivity contribution is -0.133. The second-order valence-corrected chi connectivity index (χ2v) is 7.42. The molecule has 31 heavy (non-hydrogen) atoms. The van der Waals surface area contributed by atoms with E-state index in [1.165, 1.54) is 20.5 Å². The second-order valence-electron chi connectivity index (χ2n) is 7.42. The van der Waals surface area contributed by atoms with Gasteiger partial charge in [-0.1, -0.05) is 24.3 Å². The van der Waals surface area contributed by atoms with Gasteiger partial charge in [0.1, 0.15) is 23.5 Å². The number of rotatable bonds is 6. The van der Waals surface area contributed by atoms with E-state index < -0.39 is 5.97 Å². The fourth-order valence-electron chi connectivity index (χ4n) is 4.03. The molecule has 0 spiro atoms. The molecule has 0 atom stereocenters. The summed E-state index contributed by atoms with van der Waals surface area (Å²) < 4.78 is 21.5. The van der Waals surface area contributed by atoms with Gasteiger partial charge in [-0.3, -0.25) is 0 Å². The zero-order chi connectivity index (χ0) is 21.8. The van der Waals surface area contributed by atoms with Crippen LogP contribution in [0.3, 0.4) is 0 Å². The third-order valence-electron chi connectivity index (χ3n) is 5.54. The molecule has 1 aliphatic rings. The predicted octanol–water partition coefficient (Wildman–Crippen LogP) is 4.41. The summed E-state index contributed by atoms with van der Waals surface area (Å²) in [5, 5.41) is 0.970. The average Bonchev–Trinajstić information content (AvgIpc) is 2.81. The molecule has 0 saturated carbocycles. The summed E-state index contributed by atoms with van der Waals surface area (Å²) in [6, 6.07) is 13.0. The van der Waals surface area contributed by atoms with Gasteiger partial charge in [-0.2, -0.15) is 0 Å². The van der Waals surface area contributed by atoms with Crippen LogP contribution in [-0.2, 0) is 33.7 Å². The summed E-state index contributed by atoms with van der Waals surface area (Å²) in [6.45, 7) is 0.217. The van der Waals surface area contributed by atoms with E-state index in [-0.39, 0.29) is 12.2 Å². The second kappa shape index (κ2) is 9.08. The molecule has 1 aromatic heterocycles. The zero-order valence-corrected chi connectivity index (χ0v) is 17.6. The average molecular weight is 420 g/mol. The van der Waals surface area contributed by atoms with E-state index in [9.17, 15) is 9.59 Å². The Hall–Kier alpha value is -3.54. The van der Waals surface area contributed by atoms with Crippen LogP contribution in [-0.4, -0.2) is 20.2 Å². The maximum absolute atomic E-state index is 12.4. The molecular formula is C25H24O6. The van der Waals surface area contributed by atoms with E-state index in [0.717, 1.165) is 47.8 Å². The number of hydrogen-bond donors (Lipinski definition) is 0. The Kier molecular flexibility index (Phi) is 6.07. The lowest BCUT2D eigenvalue weighted by atomic mass is 9.91. The number of benzene rings is 2. The van der Waals surface area contributed by atoms with Crippen molar-refractivity contribution in [1.82, 2.24) is 0 Å². The van der Waals surface area contributed by atoms with Crippen molar-refractivity contribution >= 4 is 22.5 Å². The van der Waals surface area contributed by atoms with Crippen molar-refractivity contribution in [3.8, 4) is 5.75 Å². The Labute approximate surface area is 180 Å². The Morgan fingerprint density at radius 3 is 2.61 bits per heavy atom. The van der Waals surface area contributed by atoms with Crippen molar-refractivity contribution in [3.05, 3.63) is 81.4 Å². The van der Waals surface area contributed by atoms with Crippen LogP contribution in [0.4, 0.5) is 0 Å². The summed E-state index contributed by atoms with van der Waals surface area (Å²) >= 11 is 0. The molecule has 3 aromatic rings. The molecule has 2 aromatic carbocycles. The number of aryl methyl sites for hydroxylation is 1. The highest BCUT2D eigenvalue weighted by atomic mass is 16.5. The van der Waals surface area contributed by atoms with E-state index in [0.29, 0.717) is 22.5 Å². The Balaban J connectivity index is 1.62. The first-order valence-electron chi connectivity index (χ1n) is 10.2. The monoisotopic (exact) mass is 420 g/mol. The van der Waals surface area contributed by atoms with Crippen LogP contribution in [0, 0.1) is 0 Å². The minimum absolute atomic E-state index is 0.217. The van der Waals surface area contributed by atoms with Crippen molar-refractivity contribution < 1.29 is 23.4 Å². The highest BCUT2D eigenvalue weighted by Gasteiger charge is 2.19. The molecule has 0 aliphatic heterocycles. The van der Waals surface area contributed by atoms with Crippen molar-refractivity contribution in [3.63, 3.8) is 0 Å². The molecule has 0 amide bonds. The highest BCUT2D eigenvalue weighted by Crippen LogP contribution is 2.30. The molecule has 1 aliphatic carbocycles. The molecule has 0 N–H and O–H groups in total. The molecule has 0 bridgehead atoms. The number of fused-ring (bicyclic) bond motifs is 3. The topological polar surface area (TPSA) is 75.0 Å². The summed E-state index contributed by atoms with van der Waals surface area (Å²) in [7, 11) is 2.80. The van der Waals surface area contributed by atoms with E-state index in [4.69, 9.17) is 18.6 Å². The number of hydrogen-bond acceptors (Lipinski definition) is 6. The fourth-order valence-corrected chi connectivity index (χ4v) is 4.03. The van der Waals surface area contributed by atoms with Gasteiger partial charge < -0.3 is 18.6 Å². The quantitative estimate of drug-likeness (QED) is 0.254. The van der Waals surface area contributed by atoms with Gasteiger partial charge in [-0.05, 0) is 54.5 Å². The third kappa shape index (κ3) is 4.19. The van der Waals surface area contributed by atoms with Gasteiger partial charge in [0.25, 0.3) is 0 Å². The highest BCUT2D eigenvalue weighted by molar-refractivity contribution is 6.16. The SMILES string of the molecule is CO/C=C(/C(=O)OC)c1ccccc1COc1ccc2c3c(c(=O)oc2c1)CCCC3. The molecular weight excluding hydrogens is 396 g/mol. The van der Waals surface area contributed by atoms with Crippen LogP contribution in [0.2, 0.25) is 0 Å². The van der Waals surface area contributed by atoms with Gasteiger partial charge in [0.2, 0.25) is 0 Å². The standard InChI is InChI=1S/C25H24O6/c1-28-15-22(24(26)29-2)18-8-4-3-7-16(18)14-30-17-11-12-20-19-9-5-6-10-21(19)25(27)31-23(20)13-17/h3-4,7-8,11-13,15H,5-6,9-10,14H2,1-2H3/b22-15+. The van der Waals surface area contributed by atoms with E-state index >= 15 is 0 Å². The minimum Gasteiger partial charge on any atom is -0.503 e. The zero-order valence-electron chi connectivity index (χ0n) is 17.6. The van der Waals surface area contributed by atoms with Crippen molar-refractivity contribution in [2.75, 3.05) is 14.2 Å². The molecule has 6 nitrogen and oxygen atoms in total. The fraction of sp³-hybridized carbons (Fsp3) is 0.280. The Morgan fingerprint density at radius 1 is 1.06 bits per heavy atom. The lowest BCUT2D eigenvalue weighted by Crippen LogP contribution is -2.15. The van der Waals surface area contributed by atoms with Gasteiger partial charge in [0.05, 0.1) is 20.5 Å². The normalized spacial score (nSPS) is 13.5. The van der Waals surface area contributed by atoms with Gasteiger partial charge in [0.15, 0.2) is 0 Å². The van der Waals surface area contributed by atoms with Gasteiger partial charge in [-0.25, -0.2) is 9.59 Å². The van der Waals surface area contributed by atoms with Gasteiger partial charge in [-0.15, -0.1) is 0 Å². The van der Waals surface area contributed by atoms with E-state index in [1.54, 1.807) is 6.07 Å². The number of carbonyl (C=O) groups is 1. The van der Waals surface area contributed by atoms with Crippen molar-refractivity contribution in [2.24, 2.45) is 0 Å². The van der Waals surface area contributed by atoms with E-state index in [2.05, 4.69) is 0 Å². The summed E-state index contributed by atoms with van der Waals surface area (Å²) in [5.41, 5.74) is 3.95. The Morgan fingerprint density at radius 2 is 1.84 bits per heavy atom. The van der Waals surface area contributed by atoms with Crippen LogP contribution in [0.25, 0.3) is 16.5 Å². The van der Waals surface area contributed by atoms with Crippen LogP contribution >= 0.6 is 0 Å². The largest absolute Gasteiger partial charge is 0.503 e. The Bertz CT molecular complexity index is 1200. The number of carbonyl (C=O) groups excluding carboxylic acids is 1. The number of ether oxygens (including phenoxy) is 3. The van der Waals surface area contributed by atoms with Crippen LogP contribution in [0.5, 0.6) is 5.75 Å². The van der Waals surface area contributed by atoms with Crippen LogP contribution in [0.1, 0.15) is 35.1 Å². The van der Waals surface area contributed by atoms with Gasteiger partial charge >= 0.3 is 11.6 Å². The predicted molar refractivity (Wildman–Crippen MR) is 117 cm³/mol. The molecule has 6 heteroatoms. The molecule has 0 saturated heterocycles. The third-order valence-corrected chi connectivity index (χ3v) is 5.54. The summed E-state index contributed by atoms with van der Waals surface area (Å²) in [4.78, 5) is 24.5. The first-order valence-corrected chi connectivity index (χ1v) is 10.2. The number of methoxy groups -OCH3 is 2. The molecule has 4 rings (SSSR count). The van der Waals surface area contributed by atoms with Gasteiger partial charge in [0, 0.05) is 17.0 Å². The lowest BCUT2D eigenvalue weighted by Gasteiger charge is -2.16. The van der Waals surface area contributed by atoms with Crippen LogP contribution < -0.4 is 10.4 Å².